The van der Waals surface area contributed by atoms with Crippen LogP contribution in [0.3, 0.4) is 0 Å². The second-order valence-electron chi connectivity index (χ2n) is 5.87. The van der Waals surface area contributed by atoms with Crippen molar-refractivity contribution < 1.29 is 23.1 Å². The molecule has 1 aromatic heterocycles. The van der Waals surface area contributed by atoms with Gasteiger partial charge in [0.2, 0.25) is 17.5 Å². The Bertz CT molecular complexity index is 982. The summed E-state index contributed by atoms with van der Waals surface area (Å²) in [7, 11) is 0. The minimum Gasteiger partial charge on any atom is -0.461 e. The number of hydrogen-bond acceptors (Lipinski definition) is 6. The highest BCUT2D eigenvalue weighted by Crippen LogP contribution is 2.26. The van der Waals surface area contributed by atoms with Crippen LogP contribution in [0.5, 0.6) is 0 Å². The predicted octanol–water partition coefficient (Wildman–Crippen LogP) is 3.72. The third-order valence-electron chi connectivity index (χ3n) is 3.79. The summed E-state index contributed by atoms with van der Waals surface area (Å²) in [6, 6.07) is 12.4. The highest BCUT2D eigenvalue weighted by molar-refractivity contribution is 5.96. The first-order chi connectivity index (χ1) is 13.5. The quantitative estimate of drug-likeness (QED) is 0.498. The van der Waals surface area contributed by atoms with Gasteiger partial charge in [0, 0.05) is 11.1 Å². The Morgan fingerprint density at radius 1 is 1.11 bits per heavy atom. The third kappa shape index (κ3) is 4.35. The average molecular weight is 383 g/mol. The van der Waals surface area contributed by atoms with Gasteiger partial charge < -0.3 is 9.15 Å². The van der Waals surface area contributed by atoms with Gasteiger partial charge in [0.25, 0.3) is 5.91 Å². The summed E-state index contributed by atoms with van der Waals surface area (Å²) in [5.74, 6) is -1.55. The Morgan fingerprint density at radius 2 is 1.79 bits per heavy atom. The zero-order chi connectivity index (χ0) is 20.1. The van der Waals surface area contributed by atoms with Crippen LogP contribution < -0.4 is 10.9 Å². The molecular weight excluding hydrogens is 365 g/mol. The maximum absolute atomic E-state index is 13.0. The molecule has 0 unspecified atom stereocenters. The van der Waals surface area contributed by atoms with E-state index < -0.39 is 17.7 Å². The molecule has 0 spiro atoms. The van der Waals surface area contributed by atoms with E-state index in [1.165, 1.54) is 24.3 Å². The molecule has 2 aromatic carbocycles. The van der Waals surface area contributed by atoms with Crippen molar-refractivity contribution in [2.45, 2.75) is 13.8 Å². The number of hydrogen-bond donors (Lipinski definition) is 2. The van der Waals surface area contributed by atoms with E-state index in [-0.39, 0.29) is 29.6 Å². The highest BCUT2D eigenvalue weighted by atomic mass is 19.1. The van der Waals surface area contributed by atoms with Gasteiger partial charge >= 0.3 is 5.97 Å². The fraction of sp³-hybridized carbons (Fsp3) is 0.150. The number of nitrogens with zero attached hydrogens (tertiary/aromatic N) is 1. The number of esters is 1. The van der Waals surface area contributed by atoms with E-state index in [0.29, 0.717) is 5.56 Å². The molecule has 0 aliphatic carbocycles. The Morgan fingerprint density at radius 3 is 2.43 bits per heavy atom. The number of carbonyl (C=O) groups is 2. The van der Waals surface area contributed by atoms with Gasteiger partial charge in [0.05, 0.1) is 6.61 Å². The standard InChI is InChI=1S/C20H18FN3O4/c1-3-27-20(26)16-19(24-23-17(25)13-8-10-15(21)11-9-13)28-18(22-16)14-6-4-12(2)5-7-14/h4-11,24H,3H2,1-2H3,(H,23,25). The monoisotopic (exact) mass is 383 g/mol. The Hall–Kier alpha value is -3.68. The molecule has 0 radical (unpaired) electrons. The number of hydrazine groups is 1. The van der Waals surface area contributed by atoms with Crippen LogP contribution >= 0.6 is 0 Å². The van der Waals surface area contributed by atoms with Crippen LogP contribution in [0.1, 0.15) is 33.3 Å². The van der Waals surface area contributed by atoms with Gasteiger partial charge in [-0.2, -0.15) is 4.98 Å². The molecule has 144 valence electrons. The molecule has 8 heteroatoms. The lowest BCUT2D eigenvalue weighted by atomic mass is 10.1. The third-order valence-corrected chi connectivity index (χ3v) is 3.79. The van der Waals surface area contributed by atoms with E-state index in [4.69, 9.17) is 9.15 Å². The van der Waals surface area contributed by atoms with Gasteiger partial charge in [0.1, 0.15) is 5.82 Å². The second kappa shape index (κ2) is 8.34. The molecule has 2 N–H and O–H groups in total. The van der Waals surface area contributed by atoms with E-state index >= 15 is 0 Å². The van der Waals surface area contributed by atoms with Crippen LogP contribution in [0.25, 0.3) is 11.5 Å². The van der Waals surface area contributed by atoms with E-state index in [9.17, 15) is 14.0 Å². The Kier molecular flexibility index (Phi) is 5.69. The molecule has 0 fully saturated rings. The lowest BCUT2D eigenvalue weighted by Crippen LogP contribution is -2.30. The number of halogens is 1. The summed E-state index contributed by atoms with van der Waals surface area (Å²) in [5.41, 5.74) is 6.79. The molecule has 0 bridgehead atoms. The Labute approximate surface area is 160 Å². The number of carbonyl (C=O) groups excluding carboxylic acids is 2. The zero-order valence-corrected chi connectivity index (χ0v) is 15.3. The average Bonchev–Trinajstić information content (AvgIpc) is 3.12. The Balaban J connectivity index is 1.83. The first-order valence-electron chi connectivity index (χ1n) is 8.55. The van der Waals surface area contributed by atoms with Crippen molar-refractivity contribution in [1.82, 2.24) is 10.4 Å². The number of anilines is 1. The van der Waals surface area contributed by atoms with Crippen molar-refractivity contribution in [3.8, 4) is 11.5 Å². The van der Waals surface area contributed by atoms with E-state index in [2.05, 4.69) is 15.8 Å². The summed E-state index contributed by atoms with van der Waals surface area (Å²) in [6.07, 6.45) is 0. The normalized spacial score (nSPS) is 10.4. The molecule has 7 nitrogen and oxygen atoms in total. The van der Waals surface area contributed by atoms with Crippen molar-refractivity contribution in [2.24, 2.45) is 0 Å². The van der Waals surface area contributed by atoms with Crippen LogP contribution in [0.2, 0.25) is 0 Å². The van der Waals surface area contributed by atoms with Crippen LogP contribution in [-0.2, 0) is 4.74 Å². The fourth-order valence-electron chi connectivity index (χ4n) is 2.35. The van der Waals surface area contributed by atoms with Gasteiger partial charge in [-0.05, 0) is 50.2 Å². The first kappa shape index (κ1) is 19.1. The maximum Gasteiger partial charge on any atom is 0.362 e. The SMILES string of the molecule is CCOC(=O)c1nc(-c2ccc(C)cc2)oc1NNC(=O)c1ccc(F)cc1. The lowest BCUT2D eigenvalue weighted by molar-refractivity contribution is 0.0520. The molecule has 0 atom stereocenters. The molecule has 0 aliphatic heterocycles. The van der Waals surface area contributed by atoms with Crippen molar-refractivity contribution >= 4 is 17.8 Å². The summed E-state index contributed by atoms with van der Waals surface area (Å²) in [6.45, 7) is 3.77. The van der Waals surface area contributed by atoms with Crippen molar-refractivity contribution in [2.75, 3.05) is 12.0 Å². The highest BCUT2D eigenvalue weighted by Gasteiger charge is 2.23. The van der Waals surface area contributed by atoms with Gasteiger partial charge in [-0.3, -0.25) is 15.6 Å². The number of aryl methyl sites for hydroxylation is 1. The number of benzene rings is 2. The minimum absolute atomic E-state index is 0.0653. The number of aromatic nitrogens is 1. The van der Waals surface area contributed by atoms with Gasteiger partial charge in [-0.1, -0.05) is 17.7 Å². The number of ether oxygens (including phenoxy) is 1. The summed E-state index contributed by atoms with van der Waals surface area (Å²) < 4.78 is 23.6. The number of nitrogens with one attached hydrogen (secondary N) is 2. The maximum atomic E-state index is 13.0. The number of amides is 1. The zero-order valence-electron chi connectivity index (χ0n) is 15.3. The van der Waals surface area contributed by atoms with E-state index in [1.54, 1.807) is 19.1 Å². The summed E-state index contributed by atoms with van der Waals surface area (Å²) in [4.78, 5) is 28.5. The van der Waals surface area contributed by atoms with Crippen LogP contribution in [0.15, 0.2) is 52.9 Å². The van der Waals surface area contributed by atoms with Gasteiger partial charge in [-0.25, -0.2) is 9.18 Å². The molecule has 28 heavy (non-hydrogen) atoms. The first-order valence-corrected chi connectivity index (χ1v) is 8.55. The molecule has 0 saturated heterocycles. The van der Waals surface area contributed by atoms with Crippen LogP contribution in [0.4, 0.5) is 10.3 Å². The van der Waals surface area contributed by atoms with Gasteiger partial charge in [-0.15, -0.1) is 0 Å². The lowest BCUT2D eigenvalue weighted by Gasteiger charge is -2.07. The van der Waals surface area contributed by atoms with Crippen LogP contribution in [-0.4, -0.2) is 23.5 Å². The minimum atomic E-state index is -0.692. The number of rotatable bonds is 6. The molecule has 1 amide bonds. The molecular formula is C20H18FN3O4. The second-order valence-corrected chi connectivity index (χ2v) is 5.87. The molecule has 3 aromatic rings. The van der Waals surface area contributed by atoms with Crippen molar-refractivity contribution in [3.63, 3.8) is 0 Å². The molecule has 0 saturated carbocycles. The van der Waals surface area contributed by atoms with E-state index in [1.807, 2.05) is 19.1 Å². The van der Waals surface area contributed by atoms with E-state index in [0.717, 1.165) is 5.56 Å². The van der Waals surface area contributed by atoms with Crippen LogP contribution in [0, 0.1) is 12.7 Å². The van der Waals surface area contributed by atoms with Gasteiger partial charge in [0.15, 0.2) is 0 Å². The van der Waals surface area contributed by atoms with Crippen molar-refractivity contribution in [1.29, 1.82) is 0 Å². The topological polar surface area (TPSA) is 93.5 Å². The summed E-state index contributed by atoms with van der Waals surface area (Å²) >= 11 is 0. The smallest absolute Gasteiger partial charge is 0.362 e. The molecule has 3 rings (SSSR count). The fourth-order valence-corrected chi connectivity index (χ4v) is 2.35. The molecule has 0 aliphatic rings. The number of oxazole rings is 1. The predicted molar refractivity (Wildman–Crippen MR) is 100 cm³/mol. The largest absolute Gasteiger partial charge is 0.461 e. The molecule has 1 heterocycles. The van der Waals surface area contributed by atoms with Crippen molar-refractivity contribution in [3.05, 3.63) is 71.2 Å². The summed E-state index contributed by atoms with van der Waals surface area (Å²) in [5, 5.41) is 0.